The van der Waals surface area contributed by atoms with Crippen molar-refractivity contribution in [2.24, 2.45) is 0 Å². The van der Waals surface area contributed by atoms with Crippen LogP contribution in [-0.4, -0.2) is 5.78 Å². The van der Waals surface area contributed by atoms with Crippen molar-refractivity contribution < 1.29 is 9.36 Å². The van der Waals surface area contributed by atoms with Gasteiger partial charge in [-0.05, 0) is 24.3 Å². The number of rotatable bonds is 3. The van der Waals surface area contributed by atoms with Gasteiger partial charge in [0.25, 0.3) is 0 Å². The van der Waals surface area contributed by atoms with E-state index < -0.39 is 0 Å². The highest BCUT2D eigenvalue weighted by molar-refractivity contribution is 6.30. The number of aromatic nitrogens is 1. The van der Waals surface area contributed by atoms with Crippen LogP contribution in [0.3, 0.4) is 0 Å². The van der Waals surface area contributed by atoms with Gasteiger partial charge in [-0.3, -0.25) is 4.79 Å². The summed E-state index contributed by atoms with van der Waals surface area (Å²) in [6, 6.07) is 12.2. The summed E-state index contributed by atoms with van der Waals surface area (Å²) in [4.78, 5) is 12.1. The SMILES string of the molecule is Cc1cc(Cl)cc[n+]1CC(=O)c1ccc(C#N)cc1. The molecule has 0 aliphatic rings. The molecule has 0 N–H and O–H groups in total. The molecule has 0 bridgehead atoms. The third-order valence-corrected chi connectivity index (χ3v) is 3.10. The Morgan fingerprint density at radius 2 is 2.00 bits per heavy atom. The minimum atomic E-state index is -0.0000813. The van der Waals surface area contributed by atoms with Crippen molar-refractivity contribution in [3.05, 3.63) is 64.4 Å². The minimum Gasteiger partial charge on any atom is -0.287 e. The van der Waals surface area contributed by atoms with Gasteiger partial charge in [-0.15, -0.1) is 0 Å². The fraction of sp³-hybridized carbons (Fsp3) is 0.133. The second-order valence-electron chi connectivity index (χ2n) is 4.23. The van der Waals surface area contributed by atoms with Gasteiger partial charge in [0.1, 0.15) is 0 Å². The lowest BCUT2D eigenvalue weighted by Gasteiger charge is -2.01. The first-order valence-corrected chi connectivity index (χ1v) is 6.17. The number of hydrogen-bond acceptors (Lipinski definition) is 2. The number of hydrogen-bond donors (Lipinski definition) is 0. The van der Waals surface area contributed by atoms with Crippen LogP contribution in [0.2, 0.25) is 5.02 Å². The molecule has 4 heteroatoms. The van der Waals surface area contributed by atoms with Crippen molar-refractivity contribution in [2.75, 3.05) is 0 Å². The molecule has 0 saturated carbocycles. The zero-order valence-corrected chi connectivity index (χ0v) is 11.2. The van der Waals surface area contributed by atoms with E-state index in [-0.39, 0.29) is 12.3 Å². The quantitative estimate of drug-likeness (QED) is 0.636. The van der Waals surface area contributed by atoms with Gasteiger partial charge in [0.05, 0.1) is 16.7 Å². The van der Waals surface area contributed by atoms with Crippen LogP contribution in [0.4, 0.5) is 0 Å². The molecule has 2 aromatic rings. The Labute approximate surface area is 116 Å². The molecule has 0 unspecified atom stereocenters. The van der Waals surface area contributed by atoms with Gasteiger partial charge in [-0.1, -0.05) is 11.6 Å². The fourth-order valence-electron chi connectivity index (χ4n) is 1.76. The van der Waals surface area contributed by atoms with E-state index in [4.69, 9.17) is 16.9 Å². The zero-order chi connectivity index (χ0) is 13.8. The third-order valence-electron chi connectivity index (χ3n) is 2.86. The van der Waals surface area contributed by atoms with E-state index in [0.29, 0.717) is 16.1 Å². The molecule has 0 fully saturated rings. The third kappa shape index (κ3) is 3.18. The predicted octanol–water partition coefficient (Wildman–Crippen LogP) is 2.69. The first kappa shape index (κ1) is 13.3. The Morgan fingerprint density at radius 3 is 2.58 bits per heavy atom. The largest absolute Gasteiger partial charge is 0.287 e. The number of halogens is 1. The van der Waals surface area contributed by atoms with E-state index in [9.17, 15) is 4.79 Å². The van der Waals surface area contributed by atoms with Crippen molar-refractivity contribution >= 4 is 17.4 Å². The standard InChI is InChI=1S/C15H12ClN2O/c1-11-8-14(16)6-7-18(11)10-15(19)13-4-2-12(9-17)3-5-13/h2-8H,10H2,1H3/q+1. The summed E-state index contributed by atoms with van der Waals surface area (Å²) in [5.41, 5.74) is 2.07. The van der Waals surface area contributed by atoms with E-state index in [0.717, 1.165) is 5.69 Å². The number of nitrogens with zero attached hydrogens (tertiary/aromatic N) is 2. The van der Waals surface area contributed by atoms with E-state index >= 15 is 0 Å². The lowest BCUT2D eigenvalue weighted by Crippen LogP contribution is -2.40. The molecule has 1 aromatic heterocycles. The molecule has 3 nitrogen and oxygen atoms in total. The van der Waals surface area contributed by atoms with Crippen LogP contribution in [0, 0.1) is 18.3 Å². The van der Waals surface area contributed by atoms with Crippen molar-refractivity contribution in [2.45, 2.75) is 13.5 Å². The van der Waals surface area contributed by atoms with E-state index in [1.807, 2.05) is 23.6 Å². The molecule has 0 aliphatic heterocycles. The number of nitriles is 1. The Kier molecular flexibility index (Phi) is 3.94. The molecule has 0 atom stereocenters. The number of carbonyl (C=O) groups excluding carboxylic acids is 1. The van der Waals surface area contributed by atoms with Gasteiger partial charge in [0, 0.05) is 24.6 Å². The van der Waals surface area contributed by atoms with Crippen LogP contribution in [0.1, 0.15) is 21.6 Å². The normalized spacial score (nSPS) is 9.95. The van der Waals surface area contributed by atoms with E-state index in [1.54, 1.807) is 36.5 Å². The molecule has 1 heterocycles. The van der Waals surface area contributed by atoms with Crippen LogP contribution in [-0.2, 0) is 6.54 Å². The predicted molar refractivity (Wildman–Crippen MR) is 71.9 cm³/mol. The molecule has 19 heavy (non-hydrogen) atoms. The molecule has 0 aliphatic carbocycles. The summed E-state index contributed by atoms with van der Waals surface area (Å²) in [7, 11) is 0. The topological polar surface area (TPSA) is 44.7 Å². The molecule has 1 aromatic carbocycles. The van der Waals surface area contributed by atoms with Gasteiger partial charge in [0.15, 0.2) is 11.9 Å². The molecule has 0 spiro atoms. The van der Waals surface area contributed by atoms with E-state index in [1.165, 1.54) is 0 Å². The van der Waals surface area contributed by atoms with Gasteiger partial charge >= 0.3 is 0 Å². The Balaban J connectivity index is 2.18. The summed E-state index contributed by atoms with van der Waals surface area (Å²) in [6.07, 6.45) is 1.79. The van der Waals surface area contributed by atoms with Crippen molar-refractivity contribution in [3.63, 3.8) is 0 Å². The number of pyridine rings is 1. The van der Waals surface area contributed by atoms with Crippen molar-refractivity contribution in [1.82, 2.24) is 0 Å². The lowest BCUT2D eigenvalue weighted by molar-refractivity contribution is -0.689. The van der Waals surface area contributed by atoms with Gasteiger partial charge < -0.3 is 0 Å². The highest BCUT2D eigenvalue weighted by atomic mass is 35.5. The maximum absolute atomic E-state index is 12.1. The summed E-state index contributed by atoms with van der Waals surface area (Å²) in [5.74, 6) is -0.0000813. The molecule has 0 radical (unpaired) electrons. The fourth-order valence-corrected chi connectivity index (χ4v) is 1.98. The summed E-state index contributed by atoms with van der Waals surface area (Å²) in [5, 5.41) is 9.37. The van der Waals surface area contributed by atoms with Gasteiger partial charge in [-0.2, -0.15) is 9.83 Å². The van der Waals surface area contributed by atoms with Gasteiger partial charge in [0.2, 0.25) is 12.3 Å². The number of benzene rings is 1. The molecular weight excluding hydrogens is 260 g/mol. The second-order valence-corrected chi connectivity index (χ2v) is 4.66. The average Bonchev–Trinajstić information content (AvgIpc) is 2.42. The average molecular weight is 272 g/mol. The smallest absolute Gasteiger partial charge is 0.227 e. The van der Waals surface area contributed by atoms with Crippen molar-refractivity contribution in [3.8, 4) is 6.07 Å². The Morgan fingerprint density at radius 1 is 1.32 bits per heavy atom. The molecule has 2 rings (SSSR count). The first-order valence-electron chi connectivity index (χ1n) is 5.79. The first-order chi connectivity index (χ1) is 9.10. The maximum Gasteiger partial charge on any atom is 0.227 e. The second kappa shape index (κ2) is 5.64. The van der Waals surface area contributed by atoms with Gasteiger partial charge in [-0.25, -0.2) is 0 Å². The van der Waals surface area contributed by atoms with Crippen LogP contribution in [0.25, 0.3) is 0 Å². The Bertz CT molecular complexity index is 657. The minimum absolute atomic E-state index is 0.0000813. The van der Waals surface area contributed by atoms with Crippen molar-refractivity contribution in [1.29, 1.82) is 5.26 Å². The number of carbonyl (C=O) groups is 1. The van der Waals surface area contributed by atoms with Crippen LogP contribution >= 0.6 is 11.6 Å². The molecule has 0 saturated heterocycles. The molecule has 0 amide bonds. The molecular formula is C15H12ClN2O+. The van der Waals surface area contributed by atoms with Crippen LogP contribution in [0.5, 0.6) is 0 Å². The summed E-state index contributed by atoms with van der Waals surface area (Å²) >= 11 is 5.88. The van der Waals surface area contributed by atoms with Crippen LogP contribution in [0.15, 0.2) is 42.6 Å². The number of Topliss-reactive ketones (excluding diaryl/α,β-unsaturated/α-hetero) is 1. The maximum atomic E-state index is 12.1. The highest BCUT2D eigenvalue weighted by Crippen LogP contribution is 2.07. The monoisotopic (exact) mass is 271 g/mol. The zero-order valence-electron chi connectivity index (χ0n) is 10.4. The number of ketones is 1. The van der Waals surface area contributed by atoms with Crippen LogP contribution < -0.4 is 4.57 Å². The highest BCUT2D eigenvalue weighted by Gasteiger charge is 2.14. The molecule has 94 valence electrons. The Hall–Kier alpha value is -2.18. The summed E-state index contributed by atoms with van der Waals surface area (Å²) in [6.45, 7) is 2.16. The number of aryl methyl sites for hydroxylation is 1. The summed E-state index contributed by atoms with van der Waals surface area (Å²) < 4.78 is 1.84. The van der Waals surface area contributed by atoms with E-state index in [2.05, 4.69) is 0 Å². The lowest BCUT2D eigenvalue weighted by atomic mass is 10.1.